The zero-order chi connectivity index (χ0) is 15.0. The van der Waals surface area contributed by atoms with Crippen LogP contribution in [0, 0.1) is 0 Å². The van der Waals surface area contributed by atoms with E-state index >= 15 is 0 Å². The Morgan fingerprint density at radius 3 is 2.80 bits per heavy atom. The first-order chi connectivity index (χ1) is 9.54. The lowest BCUT2D eigenvalue weighted by Crippen LogP contribution is -2.37. The van der Waals surface area contributed by atoms with E-state index < -0.39 is 12.1 Å². The van der Waals surface area contributed by atoms with Crippen molar-refractivity contribution in [3.63, 3.8) is 0 Å². The van der Waals surface area contributed by atoms with Gasteiger partial charge in [-0.2, -0.15) is 0 Å². The quantitative estimate of drug-likeness (QED) is 0.702. The van der Waals surface area contributed by atoms with Crippen molar-refractivity contribution in [2.45, 2.75) is 19.4 Å². The van der Waals surface area contributed by atoms with Crippen LogP contribution in [-0.2, 0) is 9.53 Å². The number of amides is 1. The molecule has 0 aliphatic rings. The second-order valence-electron chi connectivity index (χ2n) is 4.23. The average molecular weight is 281 g/mol. The number of aromatic carboxylic acids is 1. The fourth-order valence-corrected chi connectivity index (χ4v) is 1.53. The lowest BCUT2D eigenvalue weighted by molar-refractivity contribution is -0.127. The molecule has 6 nitrogen and oxygen atoms in total. The van der Waals surface area contributed by atoms with Crippen LogP contribution >= 0.6 is 0 Å². The number of carboxylic acid groups (broad SMARTS) is 1. The number of methoxy groups -OCH3 is 1. The molecular weight excluding hydrogens is 262 g/mol. The number of carbonyl (C=O) groups excluding carboxylic acids is 1. The van der Waals surface area contributed by atoms with Crippen molar-refractivity contribution in [3.05, 3.63) is 29.8 Å². The molecule has 1 unspecified atom stereocenters. The fraction of sp³-hybridized carbons (Fsp3) is 0.429. The monoisotopic (exact) mass is 281 g/mol. The SMILES string of the molecule is COCCCNC(=O)C(C)Oc1cccc(C(=O)O)c1. The summed E-state index contributed by atoms with van der Waals surface area (Å²) in [4.78, 5) is 22.6. The first kappa shape index (κ1) is 16.0. The molecule has 2 N–H and O–H groups in total. The highest BCUT2D eigenvalue weighted by atomic mass is 16.5. The van der Waals surface area contributed by atoms with Crippen LogP contribution in [0.3, 0.4) is 0 Å². The molecule has 20 heavy (non-hydrogen) atoms. The van der Waals surface area contributed by atoms with E-state index in [9.17, 15) is 9.59 Å². The van der Waals surface area contributed by atoms with Crippen LogP contribution in [-0.4, -0.2) is 43.3 Å². The number of hydrogen-bond donors (Lipinski definition) is 2. The number of ether oxygens (including phenoxy) is 2. The van der Waals surface area contributed by atoms with Gasteiger partial charge < -0.3 is 19.9 Å². The molecule has 0 radical (unpaired) electrons. The van der Waals surface area contributed by atoms with E-state index in [0.29, 0.717) is 18.9 Å². The minimum Gasteiger partial charge on any atom is -0.481 e. The Morgan fingerprint density at radius 1 is 1.40 bits per heavy atom. The van der Waals surface area contributed by atoms with Crippen LogP contribution in [0.5, 0.6) is 5.75 Å². The fourth-order valence-electron chi connectivity index (χ4n) is 1.53. The van der Waals surface area contributed by atoms with Crippen molar-refractivity contribution in [1.82, 2.24) is 5.32 Å². The number of hydrogen-bond acceptors (Lipinski definition) is 4. The van der Waals surface area contributed by atoms with E-state index in [1.165, 1.54) is 12.1 Å². The first-order valence-electron chi connectivity index (χ1n) is 6.31. The van der Waals surface area contributed by atoms with Crippen LogP contribution in [0.25, 0.3) is 0 Å². The standard InChI is InChI=1S/C14H19NO5/c1-10(13(16)15-7-4-8-19-2)20-12-6-3-5-11(9-12)14(17)18/h3,5-6,9-10H,4,7-8H2,1-2H3,(H,15,16)(H,17,18). The Labute approximate surface area is 117 Å². The number of carbonyl (C=O) groups is 2. The van der Waals surface area contributed by atoms with Gasteiger partial charge in [0.2, 0.25) is 0 Å². The highest BCUT2D eigenvalue weighted by Crippen LogP contribution is 2.15. The summed E-state index contributed by atoms with van der Waals surface area (Å²) in [6.45, 7) is 2.70. The summed E-state index contributed by atoms with van der Waals surface area (Å²) < 4.78 is 10.3. The smallest absolute Gasteiger partial charge is 0.335 e. The Bertz CT molecular complexity index is 461. The van der Waals surface area contributed by atoms with Crippen LogP contribution in [0.2, 0.25) is 0 Å². The predicted molar refractivity (Wildman–Crippen MR) is 73.0 cm³/mol. The Hall–Kier alpha value is -2.08. The highest BCUT2D eigenvalue weighted by Gasteiger charge is 2.14. The van der Waals surface area contributed by atoms with Gasteiger partial charge in [-0.05, 0) is 31.5 Å². The summed E-state index contributed by atoms with van der Waals surface area (Å²) in [7, 11) is 1.60. The third kappa shape index (κ3) is 5.27. The van der Waals surface area contributed by atoms with Gasteiger partial charge in [-0.3, -0.25) is 4.79 Å². The largest absolute Gasteiger partial charge is 0.481 e. The summed E-state index contributed by atoms with van der Waals surface area (Å²) in [5.74, 6) is -0.932. The van der Waals surface area contributed by atoms with Crippen LogP contribution < -0.4 is 10.1 Å². The average Bonchev–Trinajstić information content (AvgIpc) is 2.43. The van der Waals surface area contributed by atoms with Gasteiger partial charge in [-0.25, -0.2) is 4.79 Å². The van der Waals surface area contributed by atoms with Gasteiger partial charge in [0.15, 0.2) is 6.10 Å². The van der Waals surface area contributed by atoms with E-state index in [-0.39, 0.29) is 11.5 Å². The summed E-state index contributed by atoms with van der Waals surface area (Å²) in [6.07, 6.45) is 0.0327. The minimum absolute atomic E-state index is 0.121. The van der Waals surface area contributed by atoms with Crippen LogP contribution in [0.1, 0.15) is 23.7 Å². The van der Waals surface area contributed by atoms with Crippen molar-refractivity contribution >= 4 is 11.9 Å². The molecule has 1 amide bonds. The van der Waals surface area contributed by atoms with Crippen molar-refractivity contribution in [2.24, 2.45) is 0 Å². The van der Waals surface area contributed by atoms with Crippen molar-refractivity contribution in [1.29, 1.82) is 0 Å². The summed E-state index contributed by atoms with van der Waals surface area (Å²) in [5, 5.41) is 11.6. The Kier molecular flexibility index (Phi) is 6.52. The van der Waals surface area contributed by atoms with Crippen molar-refractivity contribution in [2.75, 3.05) is 20.3 Å². The third-order valence-electron chi connectivity index (χ3n) is 2.59. The molecule has 0 aliphatic carbocycles. The summed E-state index contributed by atoms with van der Waals surface area (Å²) in [6, 6.07) is 6.03. The van der Waals surface area contributed by atoms with Crippen LogP contribution in [0.4, 0.5) is 0 Å². The normalized spacial score (nSPS) is 11.7. The molecule has 1 aromatic carbocycles. The molecule has 0 saturated heterocycles. The van der Waals surface area contributed by atoms with E-state index in [1.54, 1.807) is 26.2 Å². The Balaban J connectivity index is 2.48. The maximum absolute atomic E-state index is 11.7. The molecule has 6 heteroatoms. The Morgan fingerprint density at radius 2 is 2.15 bits per heavy atom. The number of benzene rings is 1. The third-order valence-corrected chi connectivity index (χ3v) is 2.59. The molecule has 1 rings (SSSR count). The lowest BCUT2D eigenvalue weighted by atomic mass is 10.2. The summed E-state index contributed by atoms with van der Waals surface area (Å²) in [5.41, 5.74) is 0.121. The molecule has 110 valence electrons. The molecule has 0 spiro atoms. The van der Waals surface area contributed by atoms with E-state index in [2.05, 4.69) is 5.32 Å². The molecule has 0 bridgehead atoms. The van der Waals surface area contributed by atoms with E-state index in [0.717, 1.165) is 6.42 Å². The first-order valence-corrected chi connectivity index (χ1v) is 6.31. The zero-order valence-corrected chi connectivity index (χ0v) is 11.6. The second kappa shape index (κ2) is 8.16. The van der Waals surface area contributed by atoms with Gasteiger partial charge in [-0.15, -0.1) is 0 Å². The van der Waals surface area contributed by atoms with Crippen LogP contribution in [0.15, 0.2) is 24.3 Å². The molecule has 1 aromatic rings. The van der Waals surface area contributed by atoms with Gasteiger partial charge in [0, 0.05) is 20.3 Å². The number of carboxylic acids is 1. The number of rotatable bonds is 8. The van der Waals surface area contributed by atoms with Crippen molar-refractivity contribution in [3.8, 4) is 5.75 Å². The molecule has 0 fully saturated rings. The molecule has 0 heterocycles. The molecule has 0 aliphatic heterocycles. The topological polar surface area (TPSA) is 84.9 Å². The van der Waals surface area contributed by atoms with Gasteiger partial charge >= 0.3 is 5.97 Å². The molecular formula is C14H19NO5. The second-order valence-corrected chi connectivity index (χ2v) is 4.23. The minimum atomic E-state index is -1.04. The zero-order valence-electron chi connectivity index (χ0n) is 11.6. The lowest BCUT2D eigenvalue weighted by Gasteiger charge is -2.15. The van der Waals surface area contributed by atoms with Crippen molar-refractivity contribution < 1.29 is 24.2 Å². The molecule has 0 saturated carbocycles. The van der Waals surface area contributed by atoms with E-state index in [4.69, 9.17) is 14.6 Å². The van der Waals surface area contributed by atoms with Gasteiger partial charge in [-0.1, -0.05) is 6.07 Å². The maximum atomic E-state index is 11.7. The predicted octanol–water partition coefficient (Wildman–Crippen LogP) is 1.30. The number of nitrogens with one attached hydrogen (secondary N) is 1. The van der Waals surface area contributed by atoms with Gasteiger partial charge in [0.25, 0.3) is 5.91 Å². The molecule has 0 aromatic heterocycles. The maximum Gasteiger partial charge on any atom is 0.335 e. The molecule has 1 atom stereocenters. The summed E-state index contributed by atoms with van der Waals surface area (Å²) >= 11 is 0. The van der Waals surface area contributed by atoms with Gasteiger partial charge in [0.05, 0.1) is 5.56 Å². The highest BCUT2D eigenvalue weighted by molar-refractivity contribution is 5.88. The van der Waals surface area contributed by atoms with Gasteiger partial charge in [0.1, 0.15) is 5.75 Å². The van der Waals surface area contributed by atoms with E-state index in [1.807, 2.05) is 0 Å².